The van der Waals surface area contributed by atoms with Crippen LogP contribution in [0.25, 0.3) is 0 Å². The molecule has 0 aliphatic carbocycles. The van der Waals surface area contributed by atoms with Gasteiger partial charge in [0, 0.05) is 10.7 Å². The lowest BCUT2D eigenvalue weighted by molar-refractivity contribution is -0.115. The molecule has 1 heterocycles. The van der Waals surface area contributed by atoms with Crippen molar-refractivity contribution in [3.63, 3.8) is 0 Å². The molecule has 6 nitrogen and oxygen atoms in total. The second kappa shape index (κ2) is 8.39. The van der Waals surface area contributed by atoms with Crippen molar-refractivity contribution in [2.45, 2.75) is 5.92 Å². The number of ether oxygens (including phenoxy) is 2. The van der Waals surface area contributed by atoms with Crippen LogP contribution in [0.5, 0.6) is 5.75 Å². The minimum absolute atomic E-state index is 0.211. The molecule has 0 saturated carbocycles. The maximum absolute atomic E-state index is 12.9. The fraction of sp³-hybridized carbons (Fsp3) is 0.0870. The van der Waals surface area contributed by atoms with Crippen LogP contribution < -0.4 is 10.1 Å². The molecule has 0 bridgehead atoms. The van der Waals surface area contributed by atoms with Gasteiger partial charge in [0.15, 0.2) is 0 Å². The minimum Gasteiger partial charge on any atom is -0.437 e. The number of nitrogens with zero attached hydrogens (tertiary/aromatic N) is 1. The predicted octanol–water partition coefficient (Wildman–Crippen LogP) is 5.34. The van der Waals surface area contributed by atoms with Crippen molar-refractivity contribution in [2.24, 2.45) is 4.99 Å². The SMILES string of the molecule is COC(=O)Oc1ccc2c(c1)C(C(=Nc1ccc(Cl)cc1)c1ccccc1)C(=O)N2. The first-order chi connectivity index (χ1) is 14.5. The molecule has 3 aromatic rings. The van der Waals surface area contributed by atoms with Gasteiger partial charge in [-0.1, -0.05) is 41.9 Å². The van der Waals surface area contributed by atoms with Gasteiger partial charge >= 0.3 is 6.16 Å². The summed E-state index contributed by atoms with van der Waals surface area (Å²) in [6, 6.07) is 21.5. The van der Waals surface area contributed by atoms with Crippen LogP contribution in [0.2, 0.25) is 5.02 Å². The molecular formula is C23H17ClN2O4. The van der Waals surface area contributed by atoms with E-state index < -0.39 is 12.1 Å². The smallest absolute Gasteiger partial charge is 0.437 e. The van der Waals surface area contributed by atoms with Crippen LogP contribution in [0.4, 0.5) is 16.2 Å². The molecule has 1 amide bonds. The Balaban J connectivity index is 1.82. The van der Waals surface area contributed by atoms with Gasteiger partial charge < -0.3 is 14.8 Å². The topological polar surface area (TPSA) is 77.0 Å². The normalized spacial score (nSPS) is 15.3. The summed E-state index contributed by atoms with van der Waals surface area (Å²) in [6.07, 6.45) is -0.832. The van der Waals surface area contributed by atoms with Gasteiger partial charge in [0.25, 0.3) is 0 Å². The molecule has 7 heteroatoms. The van der Waals surface area contributed by atoms with E-state index in [9.17, 15) is 9.59 Å². The monoisotopic (exact) mass is 420 g/mol. The third-order valence-corrected chi connectivity index (χ3v) is 4.89. The van der Waals surface area contributed by atoms with E-state index in [-0.39, 0.29) is 11.7 Å². The van der Waals surface area contributed by atoms with E-state index in [0.29, 0.717) is 27.7 Å². The number of nitrogens with one attached hydrogen (secondary N) is 1. The molecule has 4 rings (SSSR count). The first-order valence-corrected chi connectivity index (χ1v) is 9.53. The molecule has 0 spiro atoms. The lowest BCUT2D eigenvalue weighted by Crippen LogP contribution is -2.22. The van der Waals surface area contributed by atoms with Gasteiger partial charge in [0.05, 0.1) is 18.5 Å². The highest BCUT2D eigenvalue weighted by Crippen LogP contribution is 2.38. The third-order valence-electron chi connectivity index (χ3n) is 4.64. The Hall–Kier alpha value is -3.64. The Bertz CT molecular complexity index is 1130. The molecule has 0 aromatic heterocycles. The highest BCUT2D eigenvalue weighted by molar-refractivity contribution is 6.30. The van der Waals surface area contributed by atoms with E-state index in [4.69, 9.17) is 21.3 Å². The lowest BCUT2D eigenvalue weighted by Gasteiger charge is -2.14. The van der Waals surface area contributed by atoms with Crippen molar-refractivity contribution in [2.75, 3.05) is 12.4 Å². The maximum atomic E-state index is 12.9. The molecule has 1 N–H and O–H groups in total. The Labute approximate surface area is 178 Å². The van der Waals surface area contributed by atoms with Crippen LogP contribution in [-0.4, -0.2) is 24.9 Å². The largest absolute Gasteiger partial charge is 0.513 e. The predicted molar refractivity (Wildman–Crippen MR) is 115 cm³/mol. The number of aliphatic imine (C=N–C) groups is 1. The van der Waals surface area contributed by atoms with Crippen molar-refractivity contribution in [1.29, 1.82) is 0 Å². The van der Waals surface area contributed by atoms with Crippen LogP contribution in [0, 0.1) is 0 Å². The molecule has 0 radical (unpaired) electrons. The third kappa shape index (κ3) is 4.04. The molecule has 1 unspecified atom stereocenters. The number of halogens is 1. The summed E-state index contributed by atoms with van der Waals surface area (Å²) >= 11 is 5.99. The molecule has 0 saturated heterocycles. The maximum Gasteiger partial charge on any atom is 0.513 e. The summed E-state index contributed by atoms with van der Waals surface area (Å²) in [5.74, 6) is -0.614. The minimum atomic E-state index is -0.832. The lowest BCUT2D eigenvalue weighted by atomic mass is 9.90. The van der Waals surface area contributed by atoms with Crippen LogP contribution >= 0.6 is 11.6 Å². The number of anilines is 1. The highest BCUT2D eigenvalue weighted by atomic mass is 35.5. The number of fused-ring (bicyclic) bond motifs is 1. The summed E-state index contributed by atoms with van der Waals surface area (Å²) in [5.41, 5.74) is 3.35. The summed E-state index contributed by atoms with van der Waals surface area (Å²) < 4.78 is 9.68. The van der Waals surface area contributed by atoms with E-state index in [0.717, 1.165) is 5.56 Å². The van der Waals surface area contributed by atoms with E-state index >= 15 is 0 Å². The molecule has 3 aromatic carbocycles. The van der Waals surface area contributed by atoms with Gasteiger partial charge in [-0.3, -0.25) is 9.79 Å². The van der Waals surface area contributed by atoms with Crippen molar-refractivity contribution >= 4 is 40.7 Å². The Morgan fingerprint density at radius 1 is 1.03 bits per heavy atom. The average molecular weight is 421 g/mol. The number of hydrogen-bond acceptors (Lipinski definition) is 5. The first kappa shape index (κ1) is 19.7. The van der Waals surface area contributed by atoms with E-state index in [1.165, 1.54) is 7.11 Å². The van der Waals surface area contributed by atoms with Crippen molar-refractivity contribution in [3.8, 4) is 5.75 Å². The molecular weight excluding hydrogens is 404 g/mol. The van der Waals surface area contributed by atoms with E-state index in [1.54, 1.807) is 42.5 Å². The zero-order valence-electron chi connectivity index (χ0n) is 16.0. The molecule has 1 aliphatic heterocycles. The summed E-state index contributed by atoms with van der Waals surface area (Å²) in [4.78, 5) is 29.2. The van der Waals surface area contributed by atoms with Crippen molar-refractivity contribution < 1.29 is 19.1 Å². The van der Waals surface area contributed by atoms with Gasteiger partial charge in [-0.05, 0) is 53.6 Å². The Kier molecular flexibility index (Phi) is 5.50. The molecule has 150 valence electrons. The van der Waals surface area contributed by atoms with Crippen LogP contribution in [0.3, 0.4) is 0 Å². The van der Waals surface area contributed by atoms with Gasteiger partial charge in [-0.25, -0.2) is 4.79 Å². The number of hydrogen-bond donors (Lipinski definition) is 1. The van der Waals surface area contributed by atoms with Gasteiger partial charge in [0.2, 0.25) is 5.91 Å². The molecule has 1 atom stereocenters. The summed E-state index contributed by atoms with van der Waals surface area (Å²) in [5, 5.41) is 3.48. The van der Waals surface area contributed by atoms with Crippen LogP contribution in [0.15, 0.2) is 77.8 Å². The van der Waals surface area contributed by atoms with Crippen molar-refractivity contribution in [3.05, 3.63) is 88.9 Å². The average Bonchev–Trinajstić information content (AvgIpc) is 3.09. The standard InChI is InChI=1S/C23H17ClN2O4/c1-29-23(28)30-17-11-12-19-18(13-17)20(22(27)26-19)21(14-5-3-2-4-6-14)25-16-9-7-15(24)8-10-16/h2-13,20H,1H3,(H,26,27). The number of amides is 1. The van der Waals surface area contributed by atoms with E-state index in [2.05, 4.69) is 10.1 Å². The van der Waals surface area contributed by atoms with Crippen LogP contribution in [0.1, 0.15) is 17.0 Å². The van der Waals surface area contributed by atoms with Gasteiger partial charge in [-0.2, -0.15) is 0 Å². The first-order valence-electron chi connectivity index (χ1n) is 9.15. The van der Waals surface area contributed by atoms with Crippen LogP contribution in [-0.2, 0) is 9.53 Å². The highest BCUT2D eigenvalue weighted by Gasteiger charge is 2.36. The van der Waals surface area contributed by atoms with Gasteiger partial charge in [-0.15, -0.1) is 0 Å². The number of methoxy groups -OCH3 is 1. The quantitative estimate of drug-likeness (QED) is 0.351. The number of benzene rings is 3. The Morgan fingerprint density at radius 2 is 1.77 bits per heavy atom. The Morgan fingerprint density at radius 3 is 2.47 bits per heavy atom. The van der Waals surface area contributed by atoms with Gasteiger partial charge in [0.1, 0.15) is 11.7 Å². The van der Waals surface area contributed by atoms with Crippen molar-refractivity contribution in [1.82, 2.24) is 0 Å². The molecule has 30 heavy (non-hydrogen) atoms. The number of carbonyl (C=O) groups excluding carboxylic acids is 2. The fourth-order valence-corrected chi connectivity index (χ4v) is 3.40. The molecule has 1 aliphatic rings. The number of carbonyl (C=O) groups is 2. The zero-order valence-corrected chi connectivity index (χ0v) is 16.7. The molecule has 0 fully saturated rings. The zero-order chi connectivity index (χ0) is 21.1. The second-order valence-electron chi connectivity index (χ2n) is 6.57. The summed E-state index contributed by atoms with van der Waals surface area (Å²) in [7, 11) is 1.23. The number of rotatable bonds is 4. The fourth-order valence-electron chi connectivity index (χ4n) is 3.27. The van der Waals surface area contributed by atoms with E-state index in [1.807, 2.05) is 30.3 Å². The second-order valence-corrected chi connectivity index (χ2v) is 7.00. The summed E-state index contributed by atoms with van der Waals surface area (Å²) in [6.45, 7) is 0.